The summed E-state index contributed by atoms with van der Waals surface area (Å²) in [6.45, 7) is 0.609. The molecule has 0 atom stereocenters. The molecule has 0 saturated heterocycles. The van der Waals surface area contributed by atoms with Gasteiger partial charge in [0.15, 0.2) is 11.5 Å². The number of methoxy groups -OCH3 is 1. The van der Waals surface area contributed by atoms with E-state index in [0.29, 0.717) is 23.5 Å². The molecule has 6 nitrogen and oxygen atoms in total. The van der Waals surface area contributed by atoms with Crippen LogP contribution in [-0.2, 0) is 11.3 Å². The molecule has 0 bridgehead atoms. The topological polar surface area (TPSA) is 76.4 Å². The van der Waals surface area contributed by atoms with Crippen molar-refractivity contribution in [1.82, 2.24) is 9.78 Å². The van der Waals surface area contributed by atoms with E-state index in [1.165, 1.54) is 19.3 Å². The summed E-state index contributed by atoms with van der Waals surface area (Å²) >= 11 is 0. The first-order valence-electron chi connectivity index (χ1n) is 9.48. The fourth-order valence-corrected chi connectivity index (χ4v) is 3.28. The zero-order valence-corrected chi connectivity index (χ0v) is 16.4. The molecule has 0 spiro atoms. The summed E-state index contributed by atoms with van der Waals surface area (Å²) in [6, 6.07) is 20.7. The van der Waals surface area contributed by atoms with Crippen LogP contribution in [0.1, 0.15) is 11.1 Å². The van der Waals surface area contributed by atoms with Crippen molar-refractivity contribution in [3.05, 3.63) is 90.1 Å². The van der Waals surface area contributed by atoms with Crippen LogP contribution in [0.5, 0.6) is 11.5 Å². The van der Waals surface area contributed by atoms with Crippen LogP contribution >= 0.6 is 0 Å². The van der Waals surface area contributed by atoms with Crippen molar-refractivity contribution in [3.63, 3.8) is 0 Å². The van der Waals surface area contributed by atoms with Crippen LogP contribution in [0, 0.1) is 0 Å². The van der Waals surface area contributed by atoms with Gasteiger partial charge in [0, 0.05) is 11.5 Å². The average Bonchev–Trinajstić information content (AvgIpc) is 3.17. The SMILES string of the molecule is COc1ccc(/C=C/C(=O)Nc2cccc3cnn(Cc4ccccc4)c23)cc1O. The Bertz CT molecular complexity index is 1210. The van der Waals surface area contributed by atoms with Gasteiger partial charge in [-0.05, 0) is 35.4 Å². The Morgan fingerprint density at radius 2 is 1.97 bits per heavy atom. The molecule has 30 heavy (non-hydrogen) atoms. The molecule has 2 N–H and O–H groups in total. The maximum Gasteiger partial charge on any atom is 0.248 e. The van der Waals surface area contributed by atoms with E-state index in [4.69, 9.17) is 4.74 Å². The van der Waals surface area contributed by atoms with Gasteiger partial charge in [-0.2, -0.15) is 5.10 Å². The molecule has 1 aromatic heterocycles. The van der Waals surface area contributed by atoms with Crippen LogP contribution in [0.4, 0.5) is 5.69 Å². The second-order valence-electron chi connectivity index (χ2n) is 6.79. The van der Waals surface area contributed by atoms with Crippen molar-refractivity contribution < 1.29 is 14.6 Å². The number of phenolic OH excluding ortho intramolecular Hbond substituents is 1. The number of anilines is 1. The third kappa shape index (κ3) is 4.17. The molecular formula is C24H21N3O3. The molecule has 4 aromatic rings. The molecule has 0 aliphatic rings. The summed E-state index contributed by atoms with van der Waals surface area (Å²) in [5.74, 6) is 0.134. The van der Waals surface area contributed by atoms with Crippen LogP contribution in [0.25, 0.3) is 17.0 Å². The van der Waals surface area contributed by atoms with Gasteiger partial charge in [0.1, 0.15) is 0 Å². The normalized spacial score (nSPS) is 11.1. The van der Waals surface area contributed by atoms with E-state index in [-0.39, 0.29) is 11.7 Å². The van der Waals surface area contributed by atoms with Gasteiger partial charge < -0.3 is 15.2 Å². The molecule has 6 heteroatoms. The highest BCUT2D eigenvalue weighted by Gasteiger charge is 2.10. The minimum Gasteiger partial charge on any atom is -0.504 e. The lowest BCUT2D eigenvalue weighted by molar-refractivity contribution is -0.111. The van der Waals surface area contributed by atoms with E-state index < -0.39 is 0 Å². The molecule has 1 amide bonds. The lowest BCUT2D eigenvalue weighted by Gasteiger charge is -2.09. The number of fused-ring (bicyclic) bond motifs is 1. The van der Waals surface area contributed by atoms with Gasteiger partial charge in [-0.25, -0.2) is 0 Å². The number of nitrogens with zero attached hydrogens (tertiary/aromatic N) is 2. The number of phenols is 1. The van der Waals surface area contributed by atoms with Crippen LogP contribution < -0.4 is 10.1 Å². The Labute approximate surface area is 174 Å². The van der Waals surface area contributed by atoms with Crippen LogP contribution in [0.15, 0.2) is 79.0 Å². The number of nitrogens with one attached hydrogen (secondary N) is 1. The van der Waals surface area contributed by atoms with E-state index in [2.05, 4.69) is 10.4 Å². The average molecular weight is 399 g/mol. The van der Waals surface area contributed by atoms with Gasteiger partial charge in [-0.15, -0.1) is 0 Å². The number of carbonyl (C=O) groups is 1. The number of hydrogen-bond donors (Lipinski definition) is 2. The number of carbonyl (C=O) groups excluding carboxylic acids is 1. The number of aromatic hydroxyl groups is 1. The largest absolute Gasteiger partial charge is 0.504 e. The van der Waals surface area contributed by atoms with E-state index >= 15 is 0 Å². The zero-order chi connectivity index (χ0) is 20.9. The fraction of sp³-hybridized carbons (Fsp3) is 0.0833. The number of benzene rings is 3. The first-order chi connectivity index (χ1) is 14.6. The van der Waals surface area contributed by atoms with Gasteiger partial charge >= 0.3 is 0 Å². The summed E-state index contributed by atoms with van der Waals surface area (Å²) < 4.78 is 6.91. The van der Waals surface area contributed by atoms with E-state index in [9.17, 15) is 9.90 Å². The molecule has 0 aliphatic heterocycles. The zero-order valence-electron chi connectivity index (χ0n) is 16.4. The van der Waals surface area contributed by atoms with E-state index in [0.717, 1.165) is 16.5 Å². The Kier molecular flexibility index (Phi) is 5.48. The van der Waals surface area contributed by atoms with Crippen molar-refractivity contribution in [1.29, 1.82) is 0 Å². The summed E-state index contributed by atoms with van der Waals surface area (Å²) in [5.41, 5.74) is 3.37. The van der Waals surface area contributed by atoms with E-state index in [1.54, 1.807) is 24.4 Å². The number of para-hydroxylation sites is 1. The maximum atomic E-state index is 12.5. The molecule has 3 aromatic carbocycles. The maximum absolute atomic E-state index is 12.5. The molecule has 0 radical (unpaired) electrons. The number of amides is 1. The molecule has 0 saturated carbocycles. The Hall–Kier alpha value is -4.06. The van der Waals surface area contributed by atoms with Gasteiger partial charge in [-0.1, -0.05) is 48.5 Å². The summed E-state index contributed by atoms with van der Waals surface area (Å²) in [6.07, 6.45) is 4.86. The van der Waals surface area contributed by atoms with Crippen molar-refractivity contribution in [2.45, 2.75) is 6.54 Å². The van der Waals surface area contributed by atoms with Gasteiger partial charge in [0.25, 0.3) is 0 Å². The number of ether oxygens (including phenoxy) is 1. The summed E-state index contributed by atoms with van der Waals surface area (Å²) in [4.78, 5) is 12.5. The third-order valence-corrected chi connectivity index (χ3v) is 4.72. The Morgan fingerprint density at radius 3 is 2.73 bits per heavy atom. The van der Waals surface area contributed by atoms with Crippen LogP contribution in [0.3, 0.4) is 0 Å². The van der Waals surface area contributed by atoms with Crippen molar-refractivity contribution in [2.24, 2.45) is 0 Å². The molecule has 0 unspecified atom stereocenters. The summed E-state index contributed by atoms with van der Waals surface area (Å²) in [5, 5.41) is 18.2. The van der Waals surface area contributed by atoms with Crippen LogP contribution in [-0.4, -0.2) is 27.9 Å². The molecular weight excluding hydrogens is 378 g/mol. The Morgan fingerprint density at radius 1 is 1.13 bits per heavy atom. The second kappa shape index (κ2) is 8.53. The van der Waals surface area contributed by atoms with Crippen molar-refractivity contribution in [2.75, 3.05) is 12.4 Å². The minimum absolute atomic E-state index is 0.0228. The van der Waals surface area contributed by atoms with Gasteiger partial charge in [0.05, 0.1) is 31.1 Å². The molecule has 0 aliphatic carbocycles. The number of rotatable bonds is 6. The number of hydrogen-bond acceptors (Lipinski definition) is 4. The van der Waals surface area contributed by atoms with Gasteiger partial charge in [0.2, 0.25) is 5.91 Å². The summed E-state index contributed by atoms with van der Waals surface area (Å²) in [7, 11) is 1.49. The van der Waals surface area contributed by atoms with E-state index in [1.807, 2.05) is 53.2 Å². The fourth-order valence-electron chi connectivity index (χ4n) is 3.28. The standard InChI is InChI=1S/C24H21N3O3/c1-30-22-12-10-17(14-21(22)28)11-13-23(29)26-20-9-5-8-19-15-25-27(24(19)20)16-18-6-3-2-4-7-18/h2-15,28H,16H2,1H3,(H,26,29)/b13-11+. The first kappa shape index (κ1) is 19.3. The quantitative estimate of drug-likeness (QED) is 0.470. The van der Waals surface area contributed by atoms with Crippen molar-refractivity contribution in [3.8, 4) is 11.5 Å². The lowest BCUT2D eigenvalue weighted by Crippen LogP contribution is -2.10. The van der Waals surface area contributed by atoms with Crippen LogP contribution in [0.2, 0.25) is 0 Å². The van der Waals surface area contributed by atoms with Gasteiger partial charge in [-0.3, -0.25) is 9.48 Å². The third-order valence-electron chi connectivity index (χ3n) is 4.72. The molecule has 150 valence electrons. The predicted octanol–water partition coefficient (Wildman–Crippen LogP) is 4.45. The molecule has 4 rings (SSSR count). The highest BCUT2D eigenvalue weighted by atomic mass is 16.5. The smallest absolute Gasteiger partial charge is 0.248 e. The number of aromatic nitrogens is 2. The Balaban J connectivity index is 1.55. The molecule has 0 fully saturated rings. The van der Waals surface area contributed by atoms with Crippen molar-refractivity contribution >= 4 is 28.6 Å². The highest BCUT2D eigenvalue weighted by molar-refractivity contribution is 6.06. The lowest BCUT2D eigenvalue weighted by atomic mass is 10.2. The monoisotopic (exact) mass is 399 g/mol. The predicted molar refractivity (Wildman–Crippen MR) is 118 cm³/mol. The molecule has 1 heterocycles. The second-order valence-corrected chi connectivity index (χ2v) is 6.79. The minimum atomic E-state index is -0.273. The first-order valence-corrected chi connectivity index (χ1v) is 9.48. The highest BCUT2D eigenvalue weighted by Crippen LogP contribution is 2.27.